The predicted octanol–water partition coefficient (Wildman–Crippen LogP) is 4.73. The molecule has 0 saturated carbocycles. The van der Waals surface area contributed by atoms with Crippen molar-refractivity contribution in [1.29, 1.82) is 0 Å². The number of sulfonamides is 1. The number of carbonyl (C=O) groups is 2. The molecule has 0 aliphatic heterocycles. The fourth-order valence-electron chi connectivity index (χ4n) is 4.26. The third-order valence-electron chi connectivity index (χ3n) is 6.79. The molecular weight excluding hydrogens is 510 g/mol. The average molecular weight is 550 g/mol. The van der Waals surface area contributed by atoms with Crippen molar-refractivity contribution in [2.24, 2.45) is 5.92 Å². The molecule has 0 fully saturated rings. The van der Waals surface area contributed by atoms with Crippen LogP contribution in [-0.2, 0) is 26.0 Å². The minimum absolute atomic E-state index is 0.0947. The van der Waals surface area contributed by atoms with E-state index in [1.807, 2.05) is 64.1 Å². The molecule has 3 aromatic rings. The molecule has 0 spiro atoms. The van der Waals surface area contributed by atoms with E-state index in [-0.39, 0.29) is 23.3 Å². The van der Waals surface area contributed by atoms with Crippen LogP contribution in [0.1, 0.15) is 37.5 Å². The van der Waals surface area contributed by atoms with Crippen LogP contribution in [0.25, 0.3) is 0 Å². The predicted molar refractivity (Wildman–Crippen MR) is 156 cm³/mol. The normalized spacial score (nSPS) is 12.2. The van der Waals surface area contributed by atoms with E-state index in [0.29, 0.717) is 18.7 Å². The summed E-state index contributed by atoms with van der Waals surface area (Å²) < 4.78 is 28.9. The maximum atomic E-state index is 13.9. The molecule has 0 aliphatic rings. The summed E-state index contributed by atoms with van der Waals surface area (Å²) in [5.41, 5.74) is 3.14. The topological polar surface area (TPSA) is 86.8 Å². The number of carbonyl (C=O) groups excluding carboxylic acids is 2. The van der Waals surface area contributed by atoms with Crippen LogP contribution in [0.2, 0.25) is 0 Å². The van der Waals surface area contributed by atoms with Crippen molar-refractivity contribution in [1.82, 2.24) is 10.2 Å². The maximum Gasteiger partial charge on any atom is 0.264 e. The van der Waals surface area contributed by atoms with Gasteiger partial charge in [-0.1, -0.05) is 74.5 Å². The standard InChI is InChI=1S/C31H39N3O4S/c1-23(2)21-32-31(36)26(5)33(20-19-27-14-8-6-9-15-27)30(35)22-34(29-18-12-13-24(3)25(29)4)39(37,38)28-16-10-7-11-17-28/h6-18,23,26H,19-22H2,1-5H3,(H,32,36). The minimum Gasteiger partial charge on any atom is -0.354 e. The van der Waals surface area contributed by atoms with Crippen LogP contribution in [0.4, 0.5) is 5.69 Å². The van der Waals surface area contributed by atoms with Gasteiger partial charge in [-0.15, -0.1) is 0 Å². The van der Waals surface area contributed by atoms with E-state index in [4.69, 9.17) is 0 Å². The lowest BCUT2D eigenvalue weighted by Gasteiger charge is -2.32. The van der Waals surface area contributed by atoms with Crippen LogP contribution in [0, 0.1) is 19.8 Å². The van der Waals surface area contributed by atoms with E-state index < -0.39 is 28.5 Å². The van der Waals surface area contributed by atoms with Crippen molar-refractivity contribution in [2.75, 3.05) is 23.9 Å². The fourth-order valence-corrected chi connectivity index (χ4v) is 5.75. The number of nitrogens with one attached hydrogen (secondary N) is 1. The van der Waals surface area contributed by atoms with Gasteiger partial charge in [0.15, 0.2) is 0 Å². The summed E-state index contributed by atoms with van der Waals surface area (Å²) >= 11 is 0. The highest BCUT2D eigenvalue weighted by Crippen LogP contribution is 2.29. The Labute approximate surface area is 232 Å². The Kier molecular flexibility index (Phi) is 10.3. The van der Waals surface area contributed by atoms with Crippen LogP contribution in [0.5, 0.6) is 0 Å². The highest BCUT2D eigenvalue weighted by molar-refractivity contribution is 7.92. The van der Waals surface area contributed by atoms with Crippen LogP contribution in [0.3, 0.4) is 0 Å². The first-order chi connectivity index (χ1) is 18.5. The molecule has 7 nitrogen and oxygen atoms in total. The summed E-state index contributed by atoms with van der Waals surface area (Å²) in [5.74, 6) is -0.460. The van der Waals surface area contributed by atoms with Gasteiger partial charge in [0.05, 0.1) is 10.6 Å². The largest absolute Gasteiger partial charge is 0.354 e. The van der Waals surface area contributed by atoms with E-state index >= 15 is 0 Å². The summed E-state index contributed by atoms with van der Waals surface area (Å²) in [6.07, 6.45) is 0.531. The summed E-state index contributed by atoms with van der Waals surface area (Å²) in [6.45, 7) is 9.76. The molecule has 0 heterocycles. The van der Waals surface area contributed by atoms with Crippen molar-refractivity contribution < 1.29 is 18.0 Å². The number of anilines is 1. The lowest BCUT2D eigenvalue weighted by atomic mass is 10.1. The Balaban J connectivity index is 1.99. The molecule has 3 aromatic carbocycles. The molecule has 0 radical (unpaired) electrons. The molecule has 8 heteroatoms. The second kappa shape index (κ2) is 13.4. The van der Waals surface area contributed by atoms with Gasteiger partial charge in [0.2, 0.25) is 11.8 Å². The van der Waals surface area contributed by atoms with E-state index in [0.717, 1.165) is 16.7 Å². The quantitative estimate of drug-likeness (QED) is 0.354. The van der Waals surface area contributed by atoms with E-state index in [2.05, 4.69) is 5.32 Å². The number of aryl methyl sites for hydroxylation is 1. The van der Waals surface area contributed by atoms with Crippen LogP contribution >= 0.6 is 0 Å². The Morgan fingerprint density at radius 1 is 0.846 bits per heavy atom. The van der Waals surface area contributed by atoms with Crippen molar-refractivity contribution in [3.63, 3.8) is 0 Å². The first kappa shape index (κ1) is 29.9. The molecule has 39 heavy (non-hydrogen) atoms. The Hall–Kier alpha value is -3.65. The number of hydrogen-bond donors (Lipinski definition) is 1. The third-order valence-corrected chi connectivity index (χ3v) is 8.56. The number of amides is 2. The second-order valence-corrected chi connectivity index (χ2v) is 12.0. The van der Waals surface area contributed by atoms with E-state index in [1.54, 1.807) is 37.3 Å². The molecule has 0 saturated heterocycles. The molecule has 1 unspecified atom stereocenters. The summed E-state index contributed by atoms with van der Waals surface area (Å²) in [5, 5.41) is 2.91. The monoisotopic (exact) mass is 549 g/mol. The molecule has 2 amide bonds. The van der Waals surface area contributed by atoms with Crippen molar-refractivity contribution in [3.8, 4) is 0 Å². The van der Waals surface area contributed by atoms with Gasteiger partial charge < -0.3 is 10.2 Å². The summed E-state index contributed by atoms with van der Waals surface area (Å²) in [7, 11) is -4.07. The zero-order chi connectivity index (χ0) is 28.6. The summed E-state index contributed by atoms with van der Waals surface area (Å²) in [4.78, 5) is 28.6. The third kappa shape index (κ3) is 7.69. The molecule has 0 bridgehead atoms. The maximum absolute atomic E-state index is 13.9. The minimum atomic E-state index is -4.07. The van der Waals surface area contributed by atoms with Gasteiger partial charge in [0, 0.05) is 13.1 Å². The second-order valence-electron chi connectivity index (χ2n) is 10.2. The molecule has 1 atom stereocenters. The lowest BCUT2D eigenvalue weighted by molar-refractivity contribution is -0.138. The number of benzene rings is 3. The number of hydrogen-bond acceptors (Lipinski definition) is 4. The molecular formula is C31H39N3O4S. The van der Waals surface area contributed by atoms with Crippen LogP contribution < -0.4 is 9.62 Å². The van der Waals surface area contributed by atoms with Crippen LogP contribution in [-0.4, -0.2) is 50.8 Å². The first-order valence-corrected chi connectivity index (χ1v) is 14.7. The van der Waals surface area contributed by atoms with Crippen molar-refractivity contribution in [2.45, 2.75) is 52.0 Å². The van der Waals surface area contributed by atoms with E-state index in [9.17, 15) is 18.0 Å². The van der Waals surface area contributed by atoms with E-state index in [1.165, 1.54) is 21.3 Å². The summed E-state index contributed by atoms with van der Waals surface area (Å²) in [6, 6.07) is 22.4. The molecule has 0 aromatic heterocycles. The lowest BCUT2D eigenvalue weighted by Crippen LogP contribution is -2.52. The molecule has 3 rings (SSSR count). The van der Waals surface area contributed by atoms with Gasteiger partial charge in [-0.3, -0.25) is 13.9 Å². The highest BCUT2D eigenvalue weighted by atomic mass is 32.2. The van der Waals surface area contributed by atoms with Gasteiger partial charge in [0.1, 0.15) is 12.6 Å². The van der Waals surface area contributed by atoms with Gasteiger partial charge in [0.25, 0.3) is 10.0 Å². The zero-order valence-electron chi connectivity index (χ0n) is 23.4. The highest BCUT2D eigenvalue weighted by Gasteiger charge is 2.33. The fraction of sp³-hybridized carbons (Fsp3) is 0.355. The van der Waals surface area contributed by atoms with Crippen molar-refractivity contribution in [3.05, 3.63) is 95.6 Å². The van der Waals surface area contributed by atoms with Gasteiger partial charge in [-0.05, 0) is 68.0 Å². The first-order valence-electron chi connectivity index (χ1n) is 13.3. The molecule has 208 valence electrons. The number of nitrogens with zero attached hydrogens (tertiary/aromatic N) is 2. The van der Waals surface area contributed by atoms with Crippen molar-refractivity contribution >= 4 is 27.5 Å². The number of rotatable bonds is 12. The van der Waals surface area contributed by atoms with Gasteiger partial charge >= 0.3 is 0 Å². The SMILES string of the molecule is Cc1cccc(N(CC(=O)N(CCc2ccccc2)C(C)C(=O)NCC(C)C)S(=O)(=O)c2ccccc2)c1C. The smallest absolute Gasteiger partial charge is 0.264 e. The zero-order valence-corrected chi connectivity index (χ0v) is 24.2. The van der Waals surface area contributed by atoms with Gasteiger partial charge in [-0.25, -0.2) is 8.42 Å². The van der Waals surface area contributed by atoms with Crippen LogP contribution in [0.15, 0.2) is 83.8 Å². The Morgan fingerprint density at radius 2 is 1.46 bits per heavy atom. The molecule has 1 N–H and O–H groups in total. The Morgan fingerprint density at radius 3 is 2.08 bits per heavy atom. The Bertz CT molecular complexity index is 1360. The van der Waals surface area contributed by atoms with Gasteiger partial charge in [-0.2, -0.15) is 0 Å². The molecule has 0 aliphatic carbocycles. The average Bonchev–Trinajstić information content (AvgIpc) is 2.93.